The molecule has 0 saturated carbocycles. The second-order valence-electron chi connectivity index (χ2n) is 9.35. The number of hydrogen-bond acceptors (Lipinski definition) is 6. The van der Waals surface area contributed by atoms with Gasteiger partial charge < -0.3 is 25.8 Å². The number of halogens is 1. The van der Waals surface area contributed by atoms with E-state index in [0.717, 1.165) is 41.0 Å². The first-order valence-electron chi connectivity index (χ1n) is 11.7. The molecule has 35 heavy (non-hydrogen) atoms. The van der Waals surface area contributed by atoms with Crippen molar-refractivity contribution in [2.24, 2.45) is 5.73 Å². The summed E-state index contributed by atoms with van der Waals surface area (Å²) in [5.41, 5.74) is 11.1. The molecule has 1 aromatic heterocycles. The lowest BCUT2D eigenvalue weighted by molar-refractivity contribution is -0.00521. The van der Waals surface area contributed by atoms with Crippen molar-refractivity contribution in [3.05, 3.63) is 68.9 Å². The van der Waals surface area contributed by atoms with E-state index < -0.39 is 5.91 Å². The highest BCUT2D eigenvalue weighted by Gasteiger charge is 2.24. The van der Waals surface area contributed by atoms with Crippen LogP contribution in [0.5, 0.6) is 5.75 Å². The molecule has 0 aliphatic carbocycles. The quantitative estimate of drug-likeness (QED) is 0.386. The van der Waals surface area contributed by atoms with E-state index in [9.17, 15) is 9.90 Å². The van der Waals surface area contributed by atoms with Crippen LogP contribution in [0.15, 0.2) is 30.3 Å². The van der Waals surface area contributed by atoms with Gasteiger partial charge in [0.25, 0.3) is 5.91 Å². The molecule has 2 heterocycles. The molecule has 8 nitrogen and oxygen atoms in total. The zero-order valence-electron chi connectivity index (χ0n) is 20.5. The fraction of sp³-hybridized carbons (Fsp3) is 0.385. The molecule has 1 aliphatic rings. The highest BCUT2D eigenvalue weighted by atomic mass is 35.5. The molecule has 1 fully saturated rings. The number of anilines is 2. The third-order valence-electron chi connectivity index (χ3n) is 6.25. The number of aromatic amines is 1. The zero-order chi connectivity index (χ0) is 25.3. The Kier molecular flexibility index (Phi) is 7.23. The molecule has 0 unspecified atom stereocenters. The van der Waals surface area contributed by atoms with E-state index in [0.29, 0.717) is 35.1 Å². The van der Waals surface area contributed by atoms with Crippen LogP contribution in [0.1, 0.15) is 52.2 Å². The Morgan fingerprint density at radius 3 is 2.46 bits per heavy atom. The number of hydrogen-bond donors (Lipinski definition) is 4. The SMILES string of the molecule is Cc1cc(CNc2n[nH]c(Cc3ccc(N4C[C@@H](C)O[C@@H](C)C4)c(Cl)c3)c2C(N)=O)cc(C)c1O. The summed E-state index contributed by atoms with van der Waals surface area (Å²) < 4.78 is 5.83. The molecule has 0 radical (unpaired) electrons. The Hall–Kier alpha value is -3.23. The minimum atomic E-state index is -0.562. The Balaban J connectivity index is 1.51. The van der Waals surface area contributed by atoms with Gasteiger partial charge in [-0.15, -0.1) is 0 Å². The zero-order valence-corrected chi connectivity index (χ0v) is 21.2. The van der Waals surface area contributed by atoms with Gasteiger partial charge in [-0.25, -0.2) is 0 Å². The van der Waals surface area contributed by atoms with Crippen LogP contribution in [0, 0.1) is 13.8 Å². The molecule has 1 amide bonds. The number of morpholine rings is 1. The number of aryl methyl sites for hydroxylation is 2. The van der Waals surface area contributed by atoms with Crippen LogP contribution in [0.4, 0.5) is 11.5 Å². The normalized spacial score (nSPS) is 18.0. The van der Waals surface area contributed by atoms with Gasteiger partial charge in [-0.1, -0.05) is 29.8 Å². The number of primary amides is 1. The van der Waals surface area contributed by atoms with Crippen molar-refractivity contribution in [3.63, 3.8) is 0 Å². The summed E-state index contributed by atoms with van der Waals surface area (Å²) in [4.78, 5) is 14.5. The molecule has 4 rings (SSSR count). The number of ether oxygens (including phenoxy) is 1. The number of phenols is 1. The molecule has 2 aromatic carbocycles. The van der Waals surface area contributed by atoms with E-state index in [4.69, 9.17) is 22.1 Å². The third-order valence-corrected chi connectivity index (χ3v) is 6.55. The summed E-state index contributed by atoms with van der Waals surface area (Å²) in [6, 6.07) is 9.73. The van der Waals surface area contributed by atoms with Gasteiger partial charge in [-0.2, -0.15) is 5.10 Å². The maximum atomic E-state index is 12.3. The molecular formula is C26H32ClN5O3. The van der Waals surface area contributed by atoms with Gasteiger partial charge in [0.2, 0.25) is 0 Å². The lowest BCUT2D eigenvalue weighted by Gasteiger charge is -2.37. The summed E-state index contributed by atoms with van der Waals surface area (Å²) in [7, 11) is 0. The number of amides is 1. The topological polar surface area (TPSA) is 117 Å². The van der Waals surface area contributed by atoms with Crippen LogP contribution >= 0.6 is 11.6 Å². The van der Waals surface area contributed by atoms with Gasteiger partial charge >= 0.3 is 0 Å². The van der Waals surface area contributed by atoms with Gasteiger partial charge in [0, 0.05) is 26.1 Å². The number of aromatic hydroxyl groups is 1. The first-order valence-corrected chi connectivity index (χ1v) is 12.1. The number of carbonyl (C=O) groups is 1. The Morgan fingerprint density at radius 2 is 1.86 bits per heavy atom. The summed E-state index contributed by atoms with van der Waals surface area (Å²) >= 11 is 6.66. The predicted molar refractivity (Wildman–Crippen MR) is 138 cm³/mol. The molecular weight excluding hydrogens is 466 g/mol. The largest absolute Gasteiger partial charge is 0.507 e. The first-order chi connectivity index (χ1) is 16.6. The van der Waals surface area contributed by atoms with Gasteiger partial charge in [-0.3, -0.25) is 9.89 Å². The fourth-order valence-electron chi connectivity index (χ4n) is 4.73. The Labute approximate surface area is 210 Å². The number of carbonyl (C=O) groups excluding carboxylic acids is 1. The number of nitrogens with zero attached hydrogens (tertiary/aromatic N) is 2. The van der Waals surface area contributed by atoms with Crippen molar-refractivity contribution in [2.75, 3.05) is 23.3 Å². The van der Waals surface area contributed by atoms with Crippen molar-refractivity contribution in [1.82, 2.24) is 10.2 Å². The Bertz CT molecular complexity index is 1210. The summed E-state index contributed by atoms with van der Waals surface area (Å²) in [6.45, 7) is 9.82. The molecule has 9 heteroatoms. The van der Waals surface area contributed by atoms with E-state index >= 15 is 0 Å². The minimum absolute atomic E-state index is 0.137. The lowest BCUT2D eigenvalue weighted by Crippen LogP contribution is -2.45. The van der Waals surface area contributed by atoms with Crippen molar-refractivity contribution < 1.29 is 14.6 Å². The summed E-state index contributed by atoms with van der Waals surface area (Å²) in [5, 5.41) is 21.1. The van der Waals surface area contributed by atoms with E-state index in [1.807, 2.05) is 44.2 Å². The van der Waals surface area contributed by atoms with E-state index in [1.165, 1.54) is 0 Å². The number of phenolic OH excluding ortho intramolecular Hbond substituents is 1. The second-order valence-corrected chi connectivity index (χ2v) is 9.75. The molecule has 5 N–H and O–H groups in total. The van der Waals surface area contributed by atoms with E-state index in [2.05, 4.69) is 34.3 Å². The van der Waals surface area contributed by atoms with Crippen LogP contribution in [0.3, 0.4) is 0 Å². The van der Waals surface area contributed by atoms with E-state index in [-0.39, 0.29) is 18.0 Å². The van der Waals surface area contributed by atoms with Gasteiger partial charge in [0.15, 0.2) is 5.82 Å². The lowest BCUT2D eigenvalue weighted by atomic mass is 10.0. The average molecular weight is 498 g/mol. The van der Waals surface area contributed by atoms with Crippen LogP contribution in [-0.4, -0.2) is 46.5 Å². The fourth-order valence-corrected chi connectivity index (χ4v) is 5.05. The van der Waals surface area contributed by atoms with E-state index in [1.54, 1.807) is 0 Å². The molecule has 0 spiro atoms. The van der Waals surface area contributed by atoms with Gasteiger partial charge in [0.1, 0.15) is 11.3 Å². The average Bonchev–Trinajstić information content (AvgIpc) is 3.18. The second kappa shape index (κ2) is 10.2. The van der Waals surface area contributed by atoms with Crippen LogP contribution in [0.2, 0.25) is 5.02 Å². The molecule has 3 aromatic rings. The molecule has 0 bridgehead atoms. The van der Waals surface area contributed by atoms with Crippen LogP contribution in [0.25, 0.3) is 0 Å². The molecule has 1 saturated heterocycles. The number of rotatable bonds is 7. The molecule has 2 atom stereocenters. The maximum absolute atomic E-state index is 12.3. The maximum Gasteiger partial charge on any atom is 0.254 e. The summed E-state index contributed by atoms with van der Waals surface area (Å²) in [5.74, 6) is 0.124. The van der Waals surface area contributed by atoms with Crippen molar-refractivity contribution in [3.8, 4) is 5.75 Å². The van der Waals surface area contributed by atoms with Crippen molar-refractivity contribution >= 4 is 29.0 Å². The number of nitrogens with one attached hydrogen (secondary N) is 2. The highest BCUT2D eigenvalue weighted by Crippen LogP contribution is 2.31. The third kappa shape index (κ3) is 5.55. The van der Waals surface area contributed by atoms with Crippen molar-refractivity contribution in [1.29, 1.82) is 0 Å². The van der Waals surface area contributed by atoms with Crippen LogP contribution < -0.4 is 16.0 Å². The standard InChI is InChI=1S/C26H32ClN5O3/c1-14-7-19(8-15(2)24(14)33)11-29-26-23(25(28)34)21(30-31-26)10-18-5-6-22(20(27)9-18)32-12-16(3)35-17(4)13-32/h5-9,16-17,33H,10-13H2,1-4H3,(H2,28,34)(H2,29,30,31)/t16-,17+. The molecule has 186 valence electrons. The van der Waals surface area contributed by atoms with Gasteiger partial charge in [-0.05, 0) is 62.1 Å². The number of H-pyrrole nitrogens is 1. The summed E-state index contributed by atoms with van der Waals surface area (Å²) in [6.07, 6.45) is 0.705. The molecule has 1 aliphatic heterocycles. The van der Waals surface area contributed by atoms with Crippen LogP contribution in [-0.2, 0) is 17.7 Å². The predicted octanol–water partition coefficient (Wildman–Crippen LogP) is 4.30. The highest BCUT2D eigenvalue weighted by molar-refractivity contribution is 6.33. The first kappa shape index (κ1) is 24.9. The number of benzene rings is 2. The minimum Gasteiger partial charge on any atom is -0.507 e. The Morgan fingerprint density at radius 1 is 1.20 bits per heavy atom. The number of aromatic nitrogens is 2. The monoisotopic (exact) mass is 497 g/mol. The van der Waals surface area contributed by atoms with Gasteiger partial charge in [0.05, 0.1) is 28.6 Å². The smallest absolute Gasteiger partial charge is 0.254 e. The van der Waals surface area contributed by atoms with Crippen molar-refractivity contribution in [2.45, 2.75) is 52.9 Å². The number of nitrogens with two attached hydrogens (primary N) is 1.